The van der Waals surface area contributed by atoms with Crippen LogP contribution in [0.4, 0.5) is 0 Å². The summed E-state index contributed by atoms with van der Waals surface area (Å²) in [6.45, 7) is 2.97. The number of aromatic carboxylic acids is 1. The van der Waals surface area contributed by atoms with Gasteiger partial charge in [-0.1, -0.05) is 19.1 Å². The minimum absolute atomic E-state index is 0.427. The van der Waals surface area contributed by atoms with Crippen LogP contribution in [0.1, 0.15) is 28.4 Å². The van der Waals surface area contributed by atoms with Crippen molar-refractivity contribution in [1.82, 2.24) is 4.90 Å². The van der Waals surface area contributed by atoms with E-state index in [-0.39, 0.29) is 0 Å². The monoisotopic (exact) mass is 221 g/mol. The molecule has 0 atom stereocenters. The highest BCUT2D eigenvalue weighted by Crippen LogP contribution is 2.13. The number of carbonyl (C=O) groups is 1. The van der Waals surface area contributed by atoms with Gasteiger partial charge in [-0.25, -0.2) is 4.79 Å². The highest BCUT2D eigenvalue weighted by atomic mass is 16.4. The van der Waals surface area contributed by atoms with E-state index in [1.54, 1.807) is 6.07 Å². The van der Waals surface area contributed by atoms with Gasteiger partial charge in [0, 0.05) is 6.54 Å². The zero-order valence-electron chi connectivity index (χ0n) is 10.2. The van der Waals surface area contributed by atoms with E-state index in [9.17, 15) is 4.79 Å². The SMILES string of the molecule is CCc1cc(CCN(C)C)ccc1C(=O)O. The zero-order chi connectivity index (χ0) is 12.1. The molecule has 0 aromatic heterocycles. The summed E-state index contributed by atoms with van der Waals surface area (Å²) >= 11 is 0. The molecule has 0 aliphatic rings. The Morgan fingerprint density at radius 1 is 1.38 bits per heavy atom. The number of likely N-dealkylation sites (N-methyl/N-ethyl adjacent to an activating group) is 1. The summed E-state index contributed by atoms with van der Waals surface area (Å²) in [6, 6.07) is 5.63. The molecule has 0 fully saturated rings. The first-order chi connectivity index (χ1) is 7.54. The molecular formula is C13H19NO2. The summed E-state index contributed by atoms with van der Waals surface area (Å²) in [4.78, 5) is 13.1. The van der Waals surface area contributed by atoms with Gasteiger partial charge < -0.3 is 10.0 Å². The fourth-order valence-corrected chi connectivity index (χ4v) is 1.66. The van der Waals surface area contributed by atoms with Crippen molar-refractivity contribution in [2.75, 3.05) is 20.6 Å². The number of aryl methyl sites for hydroxylation is 1. The predicted octanol–water partition coefficient (Wildman–Crippen LogP) is 2.05. The molecule has 0 amide bonds. The van der Waals surface area contributed by atoms with Crippen LogP contribution in [0.5, 0.6) is 0 Å². The Hall–Kier alpha value is -1.35. The van der Waals surface area contributed by atoms with E-state index in [2.05, 4.69) is 4.90 Å². The standard InChI is InChI=1S/C13H19NO2/c1-4-11-9-10(7-8-14(2)3)5-6-12(11)13(15)16/h5-6,9H,4,7-8H2,1-3H3,(H,15,16). The Kier molecular flexibility index (Phi) is 4.50. The highest BCUT2D eigenvalue weighted by molar-refractivity contribution is 5.89. The van der Waals surface area contributed by atoms with Crippen molar-refractivity contribution in [3.05, 3.63) is 34.9 Å². The number of benzene rings is 1. The minimum Gasteiger partial charge on any atom is -0.478 e. The van der Waals surface area contributed by atoms with Crippen molar-refractivity contribution in [1.29, 1.82) is 0 Å². The number of hydrogen-bond donors (Lipinski definition) is 1. The van der Waals surface area contributed by atoms with Crippen molar-refractivity contribution < 1.29 is 9.90 Å². The van der Waals surface area contributed by atoms with Crippen LogP contribution in [0.15, 0.2) is 18.2 Å². The average molecular weight is 221 g/mol. The molecule has 3 heteroatoms. The maximum Gasteiger partial charge on any atom is 0.335 e. The lowest BCUT2D eigenvalue weighted by atomic mass is 10.0. The molecule has 0 radical (unpaired) electrons. The molecule has 1 aromatic rings. The van der Waals surface area contributed by atoms with Crippen LogP contribution in [-0.4, -0.2) is 36.6 Å². The van der Waals surface area contributed by atoms with Gasteiger partial charge in [0.25, 0.3) is 0 Å². The van der Waals surface area contributed by atoms with E-state index in [0.717, 1.165) is 24.9 Å². The van der Waals surface area contributed by atoms with Gasteiger partial charge in [0.15, 0.2) is 0 Å². The van der Waals surface area contributed by atoms with Crippen molar-refractivity contribution in [3.63, 3.8) is 0 Å². The van der Waals surface area contributed by atoms with E-state index in [1.165, 1.54) is 5.56 Å². The number of nitrogens with zero attached hydrogens (tertiary/aromatic N) is 1. The lowest BCUT2D eigenvalue weighted by molar-refractivity contribution is 0.0695. The average Bonchev–Trinajstić information content (AvgIpc) is 2.25. The normalized spacial score (nSPS) is 10.8. The molecule has 3 nitrogen and oxygen atoms in total. The summed E-state index contributed by atoms with van der Waals surface area (Å²) in [5.41, 5.74) is 2.55. The second-order valence-corrected chi connectivity index (χ2v) is 4.20. The zero-order valence-corrected chi connectivity index (χ0v) is 10.2. The molecule has 1 rings (SSSR count). The van der Waals surface area contributed by atoms with Gasteiger partial charge >= 0.3 is 5.97 Å². The van der Waals surface area contributed by atoms with Crippen molar-refractivity contribution in [2.24, 2.45) is 0 Å². The molecule has 1 N–H and O–H groups in total. The van der Waals surface area contributed by atoms with Gasteiger partial charge in [-0.15, -0.1) is 0 Å². The van der Waals surface area contributed by atoms with E-state index in [1.807, 2.05) is 33.2 Å². The van der Waals surface area contributed by atoms with Crippen molar-refractivity contribution >= 4 is 5.97 Å². The van der Waals surface area contributed by atoms with Crippen LogP contribution in [0.2, 0.25) is 0 Å². The van der Waals surface area contributed by atoms with Crippen LogP contribution < -0.4 is 0 Å². The van der Waals surface area contributed by atoms with E-state index < -0.39 is 5.97 Å². The predicted molar refractivity (Wildman–Crippen MR) is 65.0 cm³/mol. The molecule has 0 bridgehead atoms. The largest absolute Gasteiger partial charge is 0.478 e. The van der Waals surface area contributed by atoms with Crippen LogP contribution in [-0.2, 0) is 12.8 Å². The minimum atomic E-state index is -0.837. The Morgan fingerprint density at radius 3 is 2.56 bits per heavy atom. The van der Waals surface area contributed by atoms with E-state index >= 15 is 0 Å². The number of carboxylic acids is 1. The topological polar surface area (TPSA) is 40.5 Å². The first-order valence-electron chi connectivity index (χ1n) is 5.54. The first-order valence-corrected chi connectivity index (χ1v) is 5.54. The van der Waals surface area contributed by atoms with Crippen molar-refractivity contribution in [2.45, 2.75) is 19.8 Å². The first kappa shape index (κ1) is 12.7. The summed E-state index contributed by atoms with van der Waals surface area (Å²) in [7, 11) is 4.07. The van der Waals surface area contributed by atoms with Gasteiger partial charge in [-0.05, 0) is 44.1 Å². The van der Waals surface area contributed by atoms with E-state index in [0.29, 0.717) is 5.56 Å². The lowest BCUT2D eigenvalue weighted by Gasteiger charge is -2.11. The molecule has 0 saturated heterocycles. The van der Waals surface area contributed by atoms with E-state index in [4.69, 9.17) is 5.11 Å². The smallest absolute Gasteiger partial charge is 0.335 e. The van der Waals surface area contributed by atoms with Gasteiger partial charge in [0.1, 0.15) is 0 Å². The fraction of sp³-hybridized carbons (Fsp3) is 0.462. The fourth-order valence-electron chi connectivity index (χ4n) is 1.66. The highest BCUT2D eigenvalue weighted by Gasteiger charge is 2.09. The molecule has 0 unspecified atom stereocenters. The number of carboxylic acid groups (broad SMARTS) is 1. The summed E-state index contributed by atoms with van der Waals surface area (Å²) in [6.07, 6.45) is 1.72. The van der Waals surface area contributed by atoms with Crippen LogP contribution in [0.25, 0.3) is 0 Å². The molecule has 0 aliphatic heterocycles. The quantitative estimate of drug-likeness (QED) is 0.827. The second-order valence-electron chi connectivity index (χ2n) is 4.20. The third kappa shape index (κ3) is 3.35. The summed E-state index contributed by atoms with van der Waals surface area (Å²) in [5, 5.41) is 9.00. The van der Waals surface area contributed by atoms with Crippen LogP contribution in [0.3, 0.4) is 0 Å². The maximum absolute atomic E-state index is 10.9. The van der Waals surface area contributed by atoms with Crippen LogP contribution in [0, 0.1) is 0 Å². The molecule has 0 saturated carbocycles. The summed E-state index contributed by atoms with van der Waals surface area (Å²) < 4.78 is 0. The second kappa shape index (κ2) is 5.66. The molecular weight excluding hydrogens is 202 g/mol. The van der Waals surface area contributed by atoms with Gasteiger partial charge in [-0.2, -0.15) is 0 Å². The third-order valence-corrected chi connectivity index (χ3v) is 2.63. The summed E-state index contributed by atoms with van der Waals surface area (Å²) in [5.74, 6) is -0.837. The third-order valence-electron chi connectivity index (χ3n) is 2.63. The maximum atomic E-state index is 10.9. The molecule has 0 spiro atoms. The van der Waals surface area contributed by atoms with Gasteiger partial charge in [0.05, 0.1) is 5.56 Å². The molecule has 0 aliphatic carbocycles. The van der Waals surface area contributed by atoms with Crippen molar-refractivity contribution in [3.8, 4) is 0 Å². The van der Waals surface area contributed by atoms with Gasteiger partial charge in [-0.3, -0.25) is 0 Å². The molecule has 1 aromatic carbocycles. The molecule has 88 valence electrons. The van der Waals surface area contributed by atoms with Gasteiger partial charge in [0.2, 0.25) is 0 Å². The Balaban J connectivity index is 2.86. The molecule has 0 heterocycles. The Labute approximate surface area is 96.7 Å². The Morgan fingerprint density at radius 2 is 2.06 bits per heavy atom. The number of hydrogen-bond acceptors (Lipinski definition) is 2. The Bertz CT molecular complexity index is 372. The lowest BCUT2D eigenvalue weighted by Crippen LogP contribution is -2.15. The van der Waals surface area contributed by atoms with Crippen LogP contribution >= 0.6 is 0 Å². The number of rotatable bonds is 5. The molecule has 16 heavy (non-hydrogen) atoms.